The molecule has 0 saturated heterocycles. The van der Waals surface area contributed by atoms with Crippen LogP contribution in [0.2, 0.25) is 0 Å². The third-order valence-electron chi connectivity index (χ3n) is 2.32. The van der Waals surface area contributed by atoms with E-state index in [1.165, 1.54) is 11.8 Å². The lowest BCUT2D eigenvalue weighted by atomic mass is 10.2. The Morgan fingerprint density at radius 1 is 1.50 bits per heavy atom. The number of carbonyl (C=O) groups excluding carboxylic acids is 1. The summed E-state index contributed by atoms with van der Waals surface area (Å²) in [5.74, 6) is -0.285. The van der Waals surface area contributed by atoms with Gasteiger partial charge >= 0.3 is 5.97 Å². The van der Waals surface area contributed by atoms with Gasteiger partial charge in [-0.1, -0.05) is 17.8 Å². The topological polar surface area (TPSA) is 51.2 Å². The first-order valence-corrected chi connectivity index (χ1v) is 6.75. The smallest absolute Gasteiger partial charge is 0.347 e. The first-order chi connectivity index (χ1) is 8.58. The minimum Gasteiger partial charge on any atom is -0.459 e. The van der Waals surface area contributed by atoms with Gasteiger partial charge in [0.15, 0.2) is 0 Å². The van der Waals surface area contributed by atoms with Crippen LogP contribution < -0.4 is 5.32 Å². The first kappa shape index (κ1) is 13.0. The highest BCUT2D eigenvalue weighted by Gasteiger charge is 2.29. The number of nitrogens with zero attached hydrogens (tertiary/aromatic N) is 1. The molecule has 2 rings (SSSR count). The SMILES string of the molecule is CC(C)OC(=O)C1=C(c2ccccn2)NC(C)S1. The van der Waals surface area contributed by atoms with Crippen molar-refractivity contribution in [2.45, 2.75) is 32.2 Å². The van der Waals surface area contributed by atoms with E-state index in [1.54, 1.807) is 6.20 Å². The molecule has 4 nitrogen and oxygen atoms in total. The van der Waals surface area contributed by atoms with Crippen molar-refractivity contribution in [1.82, 2.24) is 10.3 Å². The summed E-state index contributed by atoms with van der Waals surface area (Å²) in [4.78, 5) is 16.9. The highest BCUT2D eigenvalue weighted by atomic mass is 32.2. The first-order valence-electron chi connectivity index (χ1n) is 5.87. The summed E-state index contributed by atoms with van der Waals surface area (Å²) in [5, 5.41) is 3.40. The fourth-order valence-corrected chi connectivity index (χ4v) is 2.61. The second-order valence-corrected chi connectivity index (χ2v) is 5.63. The van der Waals surface area contributed by atoms with Gasteiger partial charge in [-0.3, -0.25) is 4.98 Å². The van der Waals surface area contributed by atoms with Gasteiger partial charge in [0, 0.05) is 6.20 Å². The molecule has 1 aliphatic heterocycles. The van der Waals surface area contributed by atoms with E-state index in [1.807, 2.05) is 39.0 Å². The normalized spacial score (nSPS) is 19.0. The Labute approximate surface area is 111 Å². The van der Waals surface area contributed by atoms with E-state index in [2.05, 4.69) is 10.3 Å². The molecule has 96 valence electrons. The average Bonchev–Trinajstić information content (AvgIpc) is 2.72. The van der Waals surface area contributed by atoms with Gasteiger partial charge in [-0.15, -0.1) is 0 Å². The second-order valence-electron chi connectivity index (χ2n) is 4.28. The molecular weight excluding hydrogens is 248 g/mol. The van der Waals surface area contributed by atoms with Gasteiger partial charge in [-0.05, 0) is 32.9 Å². The van der Waals surface area contributed by atoms with Crippen molar-refractivity contribution < 1.29 is 9.53 Å². The Kier molecular flexibility index (Phi) is 3.91. The summed E-state index contributed by atoms with van der Waals surface area (Å²) >= 11 is 1.47. The van der Waals surface area contributed by atoms with Gasteiger partial charge in [0.25, 0.3) is 0 Å². The third-order valence-corrected chi connectivity index (χ3v) is 3.40. The average molecular weight is 264 g/mol. The lowest BCUT2D eigenvalue weighted by molar-refractivity contribution is -0.141. The number of thioether (sulfide) groups is 1. The highest BCUT2D eigenvalue weighted by molar-refractivity contribution is 8.05. The molecule has 1 aromatic rings. The van der Waals surface area contributed by atoms with Gasteiger partial charge in [-0.25, -0.2) is 4.79 Å². The fourth-order valence-electron chi connectivity index (χ4n) is 1.65. The van der Waals surface area contributed by atoms with Gasteiger partial charge in [0.1, 0.15) is 4.91 Å². The van der Waals surface area contributed by atoms with Crippen LogP contribution in [0.15, 0.2) is 29.3 Å². The Balaban J connectivity index is 2.31. The van der Waals surface area contributed by atoms with Crippen molar-refractivity contribution in [2.75, 3.05) is 0 Å². The van der Waals surface area contributed by atoms with Gasteiger partial charge in [-0.2, -0.15) is 0 Å². The van der Waals surface area contributed by atoms with Crippen molar-refractivity contribution in [3.05, 3.63) is 35.0 Å². The van der Waals surface area contributed by atoms with E-state index in [-0.39, 0.29) is 17.4 Å². The van der Waals surface area contributed by atoms with Crippen molar-refractivity contribution in [1.29, 1.82) is 0 Å². The molecule has 0 aromatic carbocycles. The van der Waals surface area contributed by atoms with E-state index < -0.39 is 0 Å². The zero-order valence-corrected chi connectivity index (χ0v) is 11.5. The lowest BCUT2D eigenvalue weighted by Crippen LogP contribution is -2.16. The molecule has 1 atom stereocenters. The number of ether oxygens (including phenoxy) is 1. The molecule has 0 saturated carbocycles. The Morgan fingerprint density at radius 2 is 2.28 bits per heavy atom. The summed E-state index contributed by atoms with van der Waals surface area (Å²) in [6, 6.07) is 5.63. The maximum Gasteiger partial charge on any atom is 0.347 e. The molecule has 1 aliphatic rings. The largest absolute Gasteiger partial charge is 0.459 e. The quantitative estimate of drug-likeness (QED) is 0.849. The minimum atomic E-state index is -0.285. The van der Waals surface area contributed by atoms with E-state index in [4.69, 9.17) is 4.74 Å². The van der Waals surface area contributed by atoms with Crippen LogP contribution in [-0.4, -0.2) is 22.4 Å². The van der Waals surface area contributed by atoms with Crippen LogP contribution in [0.5, 0.6) is 0 Å². The number of esters is 1. The molecule has 1 N–H and O–H groups in total. The monoisotopic (exact) mass is 264 g/mol. The van der Waals surface area contributed by atoms with Crippen molar-refractivity contribution >= 4 is 23.4 Å². The number of rotatable bonds is 3. The van der Waals surface area contributed by atoms with Gasteiger partial charge in [0.05, 0.1) is 22.9 Å². The molecule has 1 unspecified atom stereocenters. The molecule has 1 aromatic heterocycles. The molecule has 0 amide bonds. The van der Waals surface area contributed by atoms with Gasteiger partial charge in [0.2, 0.25) is 0 Å². The van der Waals surface area contributed by atoms with Crippen molar-refractivity contribution in [2.24, 2.45) is 0 Å². The minimum absolute atomic E-state index is 0.119. The lowest BCUT2D eigenvalue weighted by Gasteiger charge is -2.09. The molecule has 0 fully saturated rings. The van der Waals surface area contributed by atoms with Crippen LogP contribution in [-0.2, 0) is 9.53 Å². The van der Waals surface area contributed by atoms with E-state index >= 15 is 0 Å². The van der Waals surface area contributed by atoms with Crippen LogP contribution in [0.3, 0.4) is 0 Å². The molecule has 5 heteroatoms. The summed E-state index contributed by atoms with van der Waals surface area (Å²) in [6.45, 7) is 5.69. The maximum absolute atomic E-state index is 12.0. The predicted molar refractivity (Wildman–Crippen MR) is 72.6 cm³/mol. The standard InChI is InChI=1S/C13H16N2O2S/c1-8(2)17-13(16)12-11(15-9(3)18-12)10-6-4-5-7-14-10/h4-9,15H,1-3H3. The van der Waals surface area contributed by atoms with E-state index in [0.29, 0.717) is 4.91 Å². The van der Waals surface area contributed by atoms with Crippen LogP contribution in [0, 0.1) is 0 Å². The van der Waals surface area contributed by atoms with Crippen LogP contribution in [0.4, 0.5) is 0 Å². The highest BCUT2D eigenvalue weighted by Crippen LogP contribution is 2.35. The molecular formula is C13H16N2O2S. The molecule has 0 spiro atoms. The predicted octanol–water partition coefficient (Wildman–Crippen LogP) is 2.38. The Bertz CT molecular complexity index is 471. The summed E-state index contributed by atoms with van der Waals surface area (Å²) in [7, 11) is 0. The summed E-state index contributed by atoms with van der Waals surface area (Å²) in [6.07, 6.45) is 1.59. The van der Waals surface area contributed by atoms with Crippen molar-refractivity contribution in [3.8, 4) is 0 Å². The number of carbonyl (C=O) groups is 1. The number of hydrogen-bond acceptors (Lipinski definition) is 5. The Hall–Kier alpha value is -1.49. The number of nitrogens with one attached hydrogen (secondary N) is 1. The third kappa shape index (κ3) is 2.85. The molecule has 0 bridgehead atoms. The number of aromatic nitrogens is 1. The number of pyridine rings is 1. The number of hydrogen-bond donors (Lipinski definition) is 1. The molecule has 2 heterocycles. The van der Waals surface area contributed by atoms with Crippen molar-refractivity contribution in [3.63, 3.8) is 0 Å². The fraction of sp³-hybridized carbons (Fsp3) is 0.385. The van der Waals surface area contributed by atoms with Crippen LogP contribution >= 0.6 is 11.8 Å². The van der Waals surface area contributed by atoms with Crippen LogP contribution in [0.25, 0.3) is 5.70 Å². The summed E-state index contributed by atoms with van der Waals surface area (Å²) in [5.41, 5.74) is 1.53. The summed E-state index contributed by atoms with van der Waals surface area (Å²) < 4.78 is 5.25. The zero-order valence-electron chi connectivity index (χ0n) is 10.6. The van der Waals surface area contributed by atoms with E-state index in [9.17, 15) is 4.79 Å². The van der Waals surface area contributed by atoms with E-state index in [0.717, 1.165) is 11.4 Å². The van der Waals surface area contributed by atoms with Crippen LogP contribution in [0.1, 0.15) is 26.5 Å². The van der Waals surface area contributed by atoms with Gasteiger partial charge < -0.3 is 10.1 Å². The second kappa shape index (κ2) is 5.44. The molecule has 18 heavy (non-hydrogen) atoms. The zero-order chi connectivity index (χ0) is 13.1. The molecule has 0 radical (unpaired) electrons. The maximum atomic E-state index is 12.0. The molecule has 0 aliphatic carbocycles. The Morgan fingerprint density at radius 3 is 2.89 bits per heavy atom.